The van der Waals surface area contributed by atoms with Crippen LogP contribution in [0.5, 0.6) is 11.5 Å². The zero-order valence-corrected chi connectivity index (χ0v) is 40.4. The molecule has 3 aliphatic rings. The van der Waals surface area contributed by atoms with Gasteiger partial charge in [-0.15, -0.1) is 0 Å². The molecule has 2 aromatic heterocycles. The van der Waals surface area contributed by atoms with Gasteiger partial charge in [0, 0.05) is 33.1 Å². The number of hydrogen-bond donors (Lipinski definition) is 0. The topological polar surface area (TPSA) is 20.8 Å². The SMILES string of the molecule is Cc1cccc2c3ccccc3n3c4c(-c5cc6c7c(c5)N5c8ccc(C(C)(C)C)cc8C(C)(C)c8cc(C(C)(C)C)cc(c85)B7c5cc(C(C)(C)C)ccc5O6)cccc4[n+](C)c3c12. The van der Waals surface area contributed by atoms with E-state index in [-0.39, 0.29) is 28.4 Å². The van der Waals surface area contributed by atoms with Gasteiger partial charge >= 0.3 is 0 Å². The van der Waals surface area contributed by atoms with Gasteiger partial charge in [0.1, 0.15) is 17.0 Å². The molecule has 0 atom stereocenters. The summed E-state index contributed by atoms with van der Waals surface area (Å²) in [6.45, 7) is 28.2. The minimum Gasteiger partial charge on any atom is -0.458 e. The van der Waals surface area contributed by atoms with Crippen molar-refractivity contribution in [2.75, 3.05) is 4.90 Å². The largest absolute Gasteiger partial charge is 0.458 e. The van der Waals surface area contributed by atoms with Crippen LogP contribution in [0.3, 0.4) is 0 Å². The summed E-state index contributed by atoms with van der Waals surface area (Å²) in [5, 5.41) is 3.82. The van der Waals surface area contributed by atoms with Gasteiger partial charge in [-0.25, -0.2) is 4.57 Å². The fraction of sp³-hybridized carbons (Fsp3) is 0.283. The number of pyridine rings is 1. The van der Waals surface area contributed by atoms with Crippen LogP contribution in [-0.4, -0.2) is 11.1 Å². The highest BCUT2D eigenvalue weighted by atomic mass is 16.5. The summed E-state index contributed by atoms with van der Waals surface area (Å²) in [6.07, 6.45) is 0. The van der Waals surface area contributed by atoms with Crippen LogP contribution < -0.4 is 30.6 Å². The molecule has 12 rings (SSSR count). The minimum absolute atomic E-state index is 0.00103. The molecule has 0 bridgehead atoms. The molecule has 7 aromatic carbocycles. The molecule has 0 saturated heterocycles. The maximum atomic E-state index is 7.31. The first-order valence-electron chi connectivity index (χ1n) is 23.6. The molecule has 0 aliphatic carbocycles. The van der Waals surface area contributed by atoms with Gasteiger partial charge in [0.25, 0.3) is 12.4 Å². The lowest BCUT2D eigenvalue weighted by Crippen LogP contribution is -2.61. The fourth-order valence-electron chi connectivity index (χ4n) is 11.7. The maximum absolute atomic E-state index is 7.31. The van der Waals surface area contributed by atoms with E-state index in [0.29, 0.717) is 0 Å². The van der Waals surface area contributed by atoms with E-state index in [1.54, 1.807) is 0 Å². The van der Waals surface area contributed by atoms with Crippen LogP contribution in [0, 0.1) is 6.92 Å². The lowest BCUT2D eigenvalue weighted by Gasteiger charge is -2.49. The Kier molecular flexibility index (Phi) is 8.00. The number of fused-ring (bicyclic) bond motifs is 14. The number of imidazole rings is 1. The molecule has 65 heavy (non-hydrogen) atoms. The smallest absolute Gasteiger partial charge is 0.295 e. The van der Waals surface area contributed by atoms with E-state index in [2.05, 4.69) is 225 Å². The van der Waals surface area contributed by atoms with Gasteiger partial charge in [0.05, 0.1) is 18.1 Å². The Morgan fingerprint density at radius 3 is 2.02 bits per heavy atom. The lowest BCUT2D eigenvalue weighted by molar-refractivity contribution is -0.617. The first kappa shape index (κ1) is 40.2. The molecule has 5 heterocycles. The van der Waals surface area contributed by atoms with Crippen LogP contribution in [0.15, 0.2) is 121 Å². The van der Waals surface area contributed by atoms with E-state index < -0.39 is 0 Å². The van der Waals surface area contributed by atoms with Gasteiger partial charge in [0.15, 0.2) is 11.0 Å². The van der Waals surface area contributed by atoms with Crippen molar-refractivity contribution < 1.29 is 9.30 Å². The van der Waals surface area contributed by atoms with Crippen molar-refractivity contribution in [1.29, 1.82) is 0 Å². The van der Waals surface area contributed by atoms with Crippen LogP contribution >= 0.6 is 0 Å². The Labute approximate surface area is 384 Å². The molecule has 0 N–H and O–H groups in total. The molecular weight excluding hydrogens is 789 g/mol. The number of para-hydroxylation sites is 2. The van der Waals surface area contributed by atoms with Crippen LogP contribution in [0.25, 0.3) is 49.5 Å². The normalized spacial score (nSPS) is 15.0. The monoisotopic (exact) mass is 848 g/mol. The van der Waals surface area contributed by atoms with Gasteiger partial charge in [-0.2, -0.15) is 4.40 Å². The minimum atomic E-state index is -0.259. The number of ether oxygens (including phenoxy) is 1. The van der Waals surface area contributed by atoms with Crippen molar-refractivity contribution >= 4 is 78.5 Å². The molecule has 0 radical (unpaired) electrons. The standard InChI is InChI=1S/C60H59BN3O/c1-34-18-16-21-41-40-19-14-15-22-46(40)64-54-39(20-17-23-48(54)62(13)56(64)52(34)41)35-28-49-53-51(29-35)65-50-27-25-37(58(5,6)7)32-44(50)61(53)45-33-38(59(8,9)10)31-43-55(45)63(49)47-26-24-36(57(2,3)4)30-42(47)60(43,11)12/h14-33H,1-13H3/q+1. The second-order valence-electron chi connectivity index (χ2n) is 23.0. The van der Waals surface area contributed by atoms with E-state index in [9.17, 15) is 0 Å². The highest BCUT2D eigenvalue weighted by Crippen LogP contribution is 2.55. The number of rotatable bonds is 1. The number of nitrogens with zero attached hydrogens (tertiary/aromatic N) is 3. The first-order valence-corrected chi connectivity index (χ1v) is 23.6. The number of hydrogen-bond acceptors (Lipinski definition) is 2. The second-order valence-corrected chi connectivity index (χ2v) is 23.0. The Bertz CT molecular complexity index is 3590. The van der Waals surface area contributed by atoms with Crippen LogP contribution in [0.2, 0.25) is 0 Å². The molecule has 0 amide bonds. The average molecular weight is 849 g/mol. The zero-order valence-electron chi connectivity index (χ0n) is 40.4. The summed E-state index contributed by atoms with van der Waals surface area (Å²) in [7, 11) is 2.23. The number of benzene rings is 7. The number of anilines is 3. The molecule has 3 aliphatic heterocycles. The Morgan fingerprint density at radius 1 is 0.600 bits per heavy atom. The highest BCUT2D eigenvalue weighted by molar-refractivity contribution is 6.99. The molecular formula is C60H59BN3O+. The van der Waals surface area contributed by atoms with E-state index >= 15 is 0 Å². The molecule has 0 spiro atoms. The van der Waals surface area contributed by atoms with E-state index in [0.717, 1.165) is 17.1 Å². The number of aromatic nitrogens is 2. The van der Waals surface area contributed by atoms with E-state index in [4.69, 9.17) is 4.74 Å². The summed E-state index contributed by atoms with van der Waals surface area (Å²) < 4.78 is 12.2. The summed E-state index contributed by atoms with van der Waals surface area (Å²) in [5.41, 5.74) is 22.4. The summed E-state index contributed by atoms with van der Waals surface area (Å²) in [6, 6.07) is 46.7. The third kappa shape index (κ3) is 5.48. The summed E-state index contributed by atoms with van der Waals surface area (Å²) >= 11 is 0. The molecule has 9 aromatic rings. The molecule has 4 nitrogen and oxygen atoms in total. The molecule has 0 unspecified atom stereocenters. The van der Waals surface area contributed by atoms with Crippen LogP contribution in [0.1, 0.15) is 110 Å². The van der Waals surface area contributed by atoms with Gasteiger partial charge in [-0.05, 0) is 121 Å². The van der Waals surface area contributed by atoms with E-state index in [1.807, 2.05) is 0 Å². The van der Waals surface area contributed by atoms with Crippen molar-refractivity contribution in [3.8, 4) is 22.6 Å². The van der Waals surface area contributed by atoms with Crippen molar-refractivity contribution in [3.05, 3.63) is 155 Å². The zero-order chi connectivity index (χ0) is 45.4. The second kappa shape index (κ2) is 12.9. The summed E-state index contributed by atoms with van der Waals surface area (Å²) in [5.74, 6) is 1.87. The molecule has 0 fully saturated rings. The quantitative estimate of drug-likeness (QED) is 0.0932. The number of aryl methyl sites for hydroxylation is 2. The van der Waals surface area contributed by atoms with Gasteiger partial charge in [-0.3, -0.25) is 0 Å². The van der Waals surface area contributed by atoms with Gasteiger partial charge in [-0.1, -0.05) is 155 Å². The van der Waals surface area contributed by atoms with Crippen LogP contribution in [-0.2, 0) is 28.7 Å². The van der Waals surface area contributed by atoms with Crippen molar-refractivity contribution in [2.24, 2.45) is 7.05 Å². The Hall–Kier alpha value is -6.33. The van der Waals surface area contributed by atoms with Crippen molar-refractivity contribution in [2.45, 2.75) is 105 Å². The Morgan fingerprint density at radius 2 is 1.26 bits per heavy atom. The first-order chi connectivity index (χ1) is 30.7. The molecule has 322 valence electrons. The maximum Gasteiger partial charge on any atom is 0.295 e. The van der Waals surface area contributed by atoms with Gasteiger partial charge < -0.3 is 9.64 Å². The fourth-order valence-corrected chi connectivity index (χ4v) is 11.7. The van der Waals surface area contributed by atoms with Crippen molar-refractivity contribution in [3.63, 3.8) is 0 Å². The van der Waals surface area contributed by atoms with Crippen molar-refractivity contribution in [1.82, 2.24) is 4.40 Å². The predicted octanol–water partition coefficient (Wildman–Crippen LogP) is 13.1. The third-order valence-electron chi connectivity index (χ3n) is 15.4. The summed E-state index contributed by atoms with van der Waals surface area (Å²) in [4.78, 5) is 2.63. The third-order valence-corrected chi connectivity index (χ3v) is 15.4. The van der Waals surface area contributed by atoms with E-state index in [1.165, 1.54) is 111 Å². The van der Waals surface area contributed by atoms with Gasteiger partial charge in [0.2, 0.25) is 0 Å². The highest BCUT2D eigenvalue weighted by Gasteiger charge is 2.49. The molecule has 5 heteroatoms. The van der Waals surface area contributed by atoms with Crippen LogP contribution in [0.4, 0.5) is 17.1 Å². The predicted molar refractivity (Wildman–Crippen MR) is 275 cm³/mol. The average Bonchev–Trinajstić information content (AvgIpc) is 3.56. The Balaban J connectivity index is 1.23. The molecule has 0 saturated carbocycles. The lowest BCUT2D eigenvalue weighted by atomic mass is 9.33.